The summed E-state index contributed by atoms with van der Waals surface area (Å²) in [5.41, 5.74) is 0.878. The SMILES string of the molecule is Cl.Cl.Clc1cccc(-c2noc(CN3CCNCC3)n2)c1. The average Bonchev–Trinajstić information content (AvgIpc) is 2.88. The second-order valence-electron chi connectivity index (χ2n) is 4.55. The Morgan fingerprint density at radius 1 is 1.24 bits per heavy atom. The van der Waals surface area contributed by atoms with Crippen LogP contribution in [0.1, 0.15) is 5.89 Å². The molecule has 1 aliphatic heterocycles. The van der Waals surface area contributed by atoms with Gasteiger partial charge in [-0.3, -0.25) is 4.90 Å². The quantitative estimate of drug-likeness (QED) is 0.921. The van der Waals surface area contributed by atoms with Crippen LogP contribution in [-0.4, -0.2) is 41.2 Å². The summed E-state index contributed by atoms with van der Waals surface area (Å²) in [6.07, 6.45) is 0. The number of hydrogen-bond acceptors (Lipinski definition) is 5. The zero-order chi connectivity index (χ0) is 13.1. The summed E-state index contributed by atoms with van der Waals surface area (Å²) < 4.78 is 5.30. The molecule has 0 aliphatic carbocycles. The Kier molecular flexibility index (Phi) is 7.42. The van der Waals surface area contributed by atoms with Crippen molar-refractivity contribution in [3.63, 3.8) is 0 Å². The van der Waals surface area contributed by atoms with Gasteiger partial charge in [0, 0.05) is 36.8 Å². The van der Waals surface area contributed by atoms with Crippen molar-refractivity contribution >= 4 is 36.4 Å². The number of nitrogens with one attached hydrogen (secondary N) is 1. The molecule has 0 atom stereocenters. The highest BCUT2D eigenvalue weighted by atomic mass is 35.5. The Bertz CT molecular complexity index is 558. The first kappa shape index (κ1) is 18.2. The molecule has 1 N–H and O–H groups in total. The molecule has 2 heterocycles. The molecule has 21 heavy (non-hydrogen) atoms. The number of halogens is 3. The van der Waals surface area contributed by atoms with Crippen molar-refractivity contribution in [2.75, 3.05) is 26.2 Å². The van der Waals surface area contributed by atoms with Gasteiger partial charge in [-0.2, -0.15) is 4.98 Å². The van der Waals surface area contributed by atoms with Gasteiger partial charge in [0.2, 0.25) is 11.7 Å². The molecule has 5 nitrogen and oxygen atoms in total. The van der Waals surface area contributed by atoms with Crippen molar-refractivity contribution in [3.05, 3.63) is 35.2 Å². The minimum atomic E-state index is 0. The Hall–Kier alpha value is -0.850. The Morgan fingerprint density at radius 2 is 2.00 bits per heavy atom. The monoisotopic (exact) mass is 350 g/mol. The summed E-state index contributed by atoms with van der Waals surface area (Å²) in [7, 11) is 0. The maximum Gasteiger partial charge on any atom is 0.241 e. The third kappa shape index (κ3) is 4.83. The summed E-state index contributed by atoms with van der Waals surface area (Å²) in [5, 5.41) is 7.99. The Morgan fingerprint density at radius 3 is 2.71 bits per heavy atom. The molecule has 0 bridgehead atoms. The molecule has 0 unspecified atom stereocenters. The summed E-state index contributed by atoms with van der Waals surface area (Å²) in [5.74, 6) is 1.24. The van der Waals surface area contributed by atoms with Crippen molar-refractivity contribution in [2.45, 2.75) is 6.54 Å². The molecule has 1 saturated heterocycles. The van der Waals surface area contributed by atoms with E-state index in [2.05, 4.69) is 20.4 Å². The minimum absolute atomic E-state index is 0. The van der Waals surface area contributed by atoms with Crippen LogP contribution in [0.3, 0.4) is 0 Å². The van der Waals surface area contributed by atoms with Crippen LogP contribution in [0.25, 0.3) is 11.4 Å². The van der Waals surface area contributed by atoms with E-state index < -0.39 is 0 Å². The van der Waals surface area contributed by atoms with Crippen LogP contribution in [0.2, 0.25) is 5.02 Å². The number of aromatic nitrogens is 2. The summed E-state index contributed by atoms with van der Waals surface area (Å²) in [6.45, 7) is 4.74. The highest BCUT2D eigenvalue weighted by molar-refractivity contribution is 6.30. The largest absolute Gasteiger partial charge is 0.338 e. The van der Waals surface area contributed by atoms with Gasteiger partial charge in [-0.05, 0) is 12.1 Å². The fourth-order valence-electron chi connectivity index (χ4n) is 2.12. The first-order valence-corrected chi connectivity index (χ1v) is 6.71. The second-order valence-corrected chi connectivity index (χ2v) is 4.98. The van der Waals surface area contributed by atoms with Gasteiger partial charge in [-0.15, -0.1) is 24.8 Å². The molecule has 8 heteroatoms. The Labute approximate surface area is 140 Å². The predicted octanol–water partition coefficient (Wildman–Crippen LogP) is 2.64. The molecule has 1 aromatic heterocycles. The fourth-order valence-corrected chi connectivity index (χ4v) is 2.31. The third-order valence-corrected chi connectivity index (χ3v) is 3.35. The highest BCUT2D eigenvalue weighted by Crippen LogP contribution is 2.20. The topological polar surface area (TPSA) is 54.2 Å². The molecule has 0 amide bonds. The molecule has 0 spiro atoms. The molecule has 116 valence electrons. The molecule has 0 saturated carbocycles. The number of nitrogens with zero attached hydrogens (tertiary/aromatic N) is 3. The van der Waals surface area contributed by atoms with Crippen LogP contribution in [-0.2, 0) is 6.54 Å². The first-order valence-electron chi connectivity index (χ1n) is 6.33. The number of piperazine rings is 1. The first-order chi connectivity index (χ1) is 9.31. The molecule has 2 aromatic rings. The van der Waals surface area contributed by atoms with Gasteiger partial charge < -0.3 is 9.84 Å². The minimum Gasteiger partial charge on any atom is -0.338 e. The zero-order valence-corrected chi connectivity index (χ0v) is 13.7. The van der Waals surface area contributed by atoms with Gasteiger partial charge in [-0.1, -0.05) is 28.9 Å². The number of benzene rings is 1. The van der Waals surface area contributed by atoms with Gasteiger partial charge in [-0.25, -0.2) is 0 Å². The predicted molar refractivity (Wildman–Crippen MR) is 87.4 cm³/mol. The maximum atomic E-state index is 5.96. The third-order valence-electron chi connectivity index (χ3n) is 3.12. The van der Waals surface area contributed by atoms with E-state index in [1.54, 1.807) is 0 Å². The lowest BCUT2D eigenvalue weighted by Crippen LogP contribution is -2.42. The van der Waals surface area contributed by atoms with E-state index in [4.69, 9.17) is 16.1 Å². The number of rotatable bonds is 3. The number of hydrogen-bond donors (Lipinski definition) is 1. The van der Waals surface area contributed by atoms with Gasteiger partial charge in [0.15, 0.2) is 0 Å². The molecule has 1 fully saturated rings. The van der Waals surface area contributed by atoms with E-state index in [1.807, 2.05) is 24.3 Å². The molecular formula is C13H17Cl3N4O. The highest BCUT2D eigenvalue weighted by Gasteiger charge is 2.15. The molecule has 1 aromatic carbocycles. The van der Waals surface area contributed by atoms with E-state index in [-0.39, 0.29) is 24.8 Å². The smallest absolute Gasteiger partial charge is 0.241 e. The van der Waals surface area contributed by atoms with Crippen LogP contribution in [0.4, 0.5) is 0 Å². The standard InChI is InChI=1S/C13H15ClN4O.2ClH/c14-11-3-1-2-10(8-11)13-16-12(19-17-13)9-18-6-4-15-5-7-18;;/h1-3,8,15H,4-7,9H2;2*1H. The van der Waals surface area contributed by atoms with Crippen LogP contribution in [0.15, 0.2) is 28.8 Å². The zero-order valence-electron chi connectivity index (χ0n) is 11.3. The average molecular weight is 352 g/mol. The van der Waals surface area contributed by atoms with Gasteiger partial charge in [0.1, 0.15) is 0 Å². The lowest BCUT2D eigenvalue weighted by molar-refractivity contribution is 0.203. The maximum absolute atomic E-state index is 5.96. The van der Waals surface area contributed by atoms with Crippen molar-refractivity contribution in [1.82, 2.24) is 20.4 Å². The fraction of sp³-hybridized carbons (Fsp3) is 0.385. The van der Waals surface area contributed by atoms with Gasteiger partial charge in [0.05, 0.1) is 6.54 Å². The van der Waals surface area contributed by atoms with Crippen LogP contribution >= 0.6 is 36.4 Å². The summed E-state index contributed by atoms with van der Waals surface area (Å²) >= 11 is 5.96. The van der Waals surface area contributed by atoms with Crippen LogP contribution < -0.4 is 5.32 Å². The van der Waals surface area contributed by atoms with Crippen molar-refractivity contribution in [3.8, 4) is 11.4 Å². The lowest BCUT2D eigenvalue weighted by atomic mass is 10.2. The van der Waals surface area contributed by atoms with Gasteiger partial charge >= 0.3 is 0 Å². The summed E-state index contributed by atoms with van der Waals surface area (Å²) in [4.78, 5) is 6.71. The van der Waals surface area contributed by atoms with E-state index >= 15 is 0 Å². The molecule has 0 radical (unpaired) electrons. The van der Waals surface area contributed by atoms with E-state index in [9.17, 15) is 0 Å². The van der Waals surface area contributed by atoms with E-state index in [0.717, 1.165) is 31.7 Å². The molecule has 1 aliphatic rings. The van der Waals surface area contributed by atoms with Crippen molar-refractivity contribution < 1.29 is 4.52 Å². The van der Waals surface area contributed by atoms with Crippen molar-refractivity contribution in [1.29, 1.82) is 0 Å². The van der Waals surface area contributed by atoms with E-state index in [1.165, 1.54) is 0 Å². The van der Waals surface area contributed by atoms with Crippen LogP contribution in [0, 0.1) is 0 Å². The molecule has 3 rings (SSSR count). The lowest BCUT2D eigenvalue weighted by Gasteiger charge is -2.25. The van der Waals surface area contributed by atoms with Gasteiger partial charge in [0.25, 0.3) is 0 Å². The Balaban J connectivity index is 0.00000110. The van der Waals surface area contributed by atoms with Crippen molar-refractivity contribution in [2.24, 2.45) is 0 Å². The van der Waals surface area contributed by atoms with Crippen LogP contribution in [0.5, 0.6) is 0 Å². The second kappa shape index (κ2) is 8.56. The summed E-state index contributed by atoms with van der Waals surface area (Å²) in [6, 6.07) is 7.46. The molecular weight excluding hydrogens is 335 g/mol. The normalized spacial score (nSPS) is 15.1. The van der Waals surface area contributed by atoms with E-state index in [0.29, 0.717) is 23.3 Å².